The van der Waals surface area contributed by atoms with Crippen LogP contribution < -0.4 is 0 Å². The Bertz CT molecular complexity index is 838. The average molecular weight is 372 g/mol. The second-order valence-electron chi connectivity index (χ2n) is 5.95. The molecule has 0 aliphatic heterocycles. The smallest absolute Gasteiger partial charge is 0.191 e. The first kappa shape index (κ1) is 17.9. The summed E-state index contributed by atoms with van der Waals surface area (Å²) in [7, 11) is 2.01. The number of rotatable bonds is 6. The van der Waals surface area contributed by atoms with Gasteiger partial charge in [0.25, 0.3) is 0 Å². The minimum Gasteiger partial charge on any atom is -0.308 e. The SMILES string of the molecule is Cc1ccc(CSc2nnc(CSc3nc(C)cc(C)n3)n2C)cc1. The molecule has 7 heteroatoms. The third-order valence-corrected chi connectivity index (χ3v) is 5.64. The molecule has 0 spiro atoms. The number of nitrogens with zero attached hydrogens (tertiary/aromatic N) is 5. The number of benzene rings is 1. The van der Waals surface area contributed by atoms with E-state index in [9.17, 15) is 0 Å². The molecule has 0 radical (unpaired) electrons. The van der Waals surface area contributed by atoms with Crippen molar-refractivity contribution in [1.82, 2.24) is 24.7 Å². The van der Waals surface area contributed by atoms with Crippen molar-refractivity contribution in [3.63, 3.8) is 0 Å². The summed E-state index contributed by atoms with van der Waals surface area (Å²) in [4.78, 5) is 8.92. The van der Waals surface area contributed by atoms with Crippen LogP contribution in [0, 0.1) is 20.8 Å². The fourth-order valence-electron chi connectivity index (χ4n) is 2.32. The second-order valence-corrected chi connectivity index (χ2v) is 7.84. The Morgan fingerprint density at radius 2 is 1.56 bits per heavy atom. The molecule has 2 heterocycles. The van der Waals surface area contributed by atoms with Crippen LogP contribution in [-0.2, 0) is 18.6 Å². The Morgan fingerprint density at radius 1 is 0.880 bits per heavy atom. The minimum atomic E-state index is 0.706. The van der Waals surface area contributed by atoms with E-state index in [1.165, 1.54) is 11.1 Å². The molecule has 1 aromatic carbocycles. The Balaban J connectivity index is 1.61. The number of thioether (sulfide) groups is 2. The fraction of sp³-hybridized carbons (Fsp3) is 0.333. The van der Waals surface area contributed by atoms with E-state index in [0.29, 0.717) is 5.75 Å². The van der Waals surface area contributed by atoms with Crippen molar-refractivity contribution in [2.45, 2.75) is 42.6 Å². The normalized spacial score (nSPS) is 11.0. The van der Waals surface area contributed by atoms with Crippen LogP contribution in [0.15, 0.2) is 40.6 Å². The van der Waals surface area contributed by atoms with E-state index in [0.717, 1.165) is 33.3 Å². The van der Waals surface area contributed by atoms with Gasteiger partial charge < -0.3 is 4.57 Å². The fourth-order valence-corrected chi connectivity index (χ4v) is 4.13. The number of aryl methyl sites for hydroxylation is 3. The second kappa shape index (κ2) is 8.01. The third-order valence-electron chi connectivity index (χ3n) is 3.71. The van der Waals surface area contributed by atoms with E-state index < -0.39 is 0 Å². The van der Waals surface area contributed by atoms with E-state index in [4.69, 9.17) is 0 Å². The van der Waals surface area contributed by atoms with Crippen molar-refractivity contribution in [3.8, 4) is 0 Å². The monoisotopic (exact) mass is 371 g/mol. The van der Waals surface area contributed by atoms with Gasteiger partial charge in [0.2, 0.25) is 0 Å². The first-order valence-electron chi connectivity index (χ1n) is 8.03. The summed E-state index contributed by atoms with van der Waals surface area (Å²) in [5.74, 6) is 2.52. The van der Waals surface area contributed by atoms with Gasteiger partial charge in [-0.2, -0.15) is 0 Å². The largest absolute Gasteiger partial charge is 0.308 e. The maximum atomic E-state index is 4.46. The molecule has 0 aliphatic carbocycles. The highest BCUT2D eigenvalue weighted by atomic mass is 32.2. The molecule has 0 saturated carbocycles. The highest BCUT2D eigenvalue weighted by Gasteiger charge is 2.11. The molecule has 3 aromatic rings. The molecular formula is C18H21N5S2. The Morgan fingerprint density at radius 3 is 2.24 bits per heavy atom. The zero-order valence-electron chi connectivity index (χ0n) is 14.9. The Kier molecular flexibility index (Phi) is 5.75. The predicted molar refractivity (Wildman–Crippen MR) is 103 cm³/mol. The molecule has 130 valence electrons. The van der Waals surface area contributed by atoms with Gasteiger partial charge in [0.1, 0.15) is 5.82 Å². The lowest BCUT2D eigenvalue weighted by molar-refractivity contribution is 0.760. The van der Waals surface area contributed by atoms with Gasteiger partial charge in [0, 0.05) is 24.2 Å². The van der Waals surface area contributed by atoms with Crippen molar-refractivity contribution in [2.24, 2.45) is 7.05 Å². The first-order chi connectivity index (χ1) is 12.0. The van der Waals surface area contributed by atoms with Crippen molar-refractivity contribution < 1.29 is 0 Å². The molecule has 0 unspecified atom stereocenters. The summed E-state index contributed by atoms with van der Waals surface area (Å²) in [6, 6.07) is 10.6. The van der Waals surface area contributed by atoms with Crippen LogP contribution in [0.5, 0.6) is 0 Å². The van der Waals surface area contributed by atoms with Crippen LogP contribution in [-0.4, -0.2) is 24.7 Å². The lowest BCUT2D eigenvalue weighted by atomic mass is 10.2. The van der Waals surface area contributed by atoms with Crippen molar-refractivity contribution in [1.29, 1.82) is 0 Å². The van der Waals surface area contributed by atoms with Crippen LogP contribution in [0.1, 0.15) is 28.3 Å². The molecule has 0 amide bonds. The predicted octanol–water partition coefficient (Wildman–Crippen LogP) is 4.11. The van der Waals surface area contributed by atoms with Gasteiger partial charge in [-0.3, -0.25) is 0 Å². The van der Waals surface area contributed by atoms with E-state index in [1.807, 2.05) is 27.0 Å². The zero-order valence-corrected chi connectivity index (χ0v) is 16.5. The van der Waals surface area contributed by atoms with Gasteiger partial charge in [-0.15, -0.1) is 10.2 Å². The summed E-state index contributed by atoms with van der Waals surface area (Å²) in [5, 5.41) is 10.3. The Labute approximate surface area is 156 Å². The molecule has 0 N–H and O–H groups in total. The summed E-state index contributed by atoms with van der Waals surface area (Å²) in [6.45, 7) is 6.07. The van der Waals surface area contributed by atoms with E-state index in [1.54, 1.807) is 23.5 Å². The van der Waals surface area contributed by atoms with Crippen molar-refractivity contribution in [3.05, 3.63) is 58.7 Å². The summed E-state index contributed by atoms with van der Waals surface area (Å²) < 4.78 is 2.05. The maximum absolute atomic E-state index is 4.46. The highest BCUT2D eigenvalue weighted by Crippen LogP contribution is 2.24. The van der Waals surface area contributed by atoms with Crippen molar-refractivity contribution in [2.75, 3.05) is 0 Å². The molecule has 0 saturated heterocycles. The number of hydrogen-bond acceptors (Lipinski definition) is 6. The zero-order chi connectivity index (χ0) is 17.8. The lowest BCUT2D eigenvalue weighted by Gasteiger charge is -2.05. The topological polar surface area (TPSA) is 56.5 Å². The molecule has 0 atom stereocenters. The van der Waals surface area contributed by atoms with Gasteiger partial charge in [0.05, 0.1) is 5.75 Å². The average Bonchev–Trinajstić information content (AvgIpc) is 2.92. The summed E-state index contributed by atoms with van der Waals surface area (Å²) in [5.41, 5.74) is 4.54. The molecule has 0 fully saturated rings. The maximum Gasteiger partial charge on any atom is 0.191 e. The number of aromatic nitrogens is 5. The molecule has 2 aromatic heterocycles. The van der Waals surface area contributed by atoms with E-state index in [-0.39, 0.29) is 0 Å². The first-order valence-corrected chi connectivity index (χ1v) is 10.00. The molecule has 5 nitrogen and oxygen atoms in total. The molecule has 0 aliphatic rings. The summed E-state index contributed by atoms with van der Waals surface area (Å²) in [6.07, 6.45) is 0. The third kappa shape index (κ3) is 4.83. The van der Waals surface area contributed by atoms with Gasteiger partial charge in [-0.1, -0.05) is 53.4 Å². The van der Waals surface area contributed by atoms with Crippen LogP contribution >= 0.6 is 23.5 Å². The standard InChI is InChI=1S/C18H21N5S2/c1-12-5-7-15(8-6-12)10-25-18-22-21-16(23(18)4)11-24-17-19-13(2)9-14(3)20-17/h5-9H,10-11H2,1-4H3. The van der Waals surface area contributed by atoms with Crippen LogP contribution in [0.2, 0.25) is 0 Å². The van der Waals surface area contributed by atoms with Gasteiger partial charge in [0.15, 0.2) is 10.3 Å². The minimum absolute atomic E-state index is 0.706. The quantitative estimate of drug-likeness (QED) is 0.480. The van der Waals surface area contributed by atoms with Gasteiger partial charge >= 0.3 is 0 Å². The van der Waals surface area contributed by atoms with E-state index >= 15 is 0 Å². The highest BCUT2D eigenvalue weighted by molar-refractivity contribution is 7.98. The van der Waals surface area contributed by atoms with Crippen LogP contribution in [0.25, 0.3) is 0 Å². The molecule has 3 rings (SSSR count). The molecule has 25 heavy (non-hydrogen) atoms. The number of hydrogen-bond donors (Lipinski definition) is 0. The van der Waals surface area contributed by atoms with Gasteiger partial charge in [-0.25, -0.2) is 9.97 Å². The Hall–Kier alpha value is -1.86. The lowest BCUT2D eigenvalue weighted by Crippen LogP contribution is -1.99. The van der Waals surface area contributed by atoms with Crippen LogP contribution in [0.4, 0.5) is 0 Å². The van der Waals surface area contributed by atoms with Crippen molar-refractivity contribution >= 4 is 23.5 Å². The van der Waals surface area contributed by atoms with E-state index in [2.05, 4.69) is 55.9 Å². The molecule has 0 bridgehead atoms. The molecular weight excluding hydrogens is 350 g/mol. The summed E-state index contributed by atoms with van der Waals surface area (Å²) >= 11 is 3.29. The van der Waals surface area contributed by atoms with Gasteiger partial charge in [-0.05, 0) is 32.4 Å². The van der Waals surface area contributed by atoms with Crippen LogP contribution in [0.3, 0.4) is 0 Å².